The van der Waals surface area contributed by atoms with Gasteiger partial charge in [-0.1, -0.05) is 0 Å². The molecular formula is C20H19N5O4. The highest BCUT2D eigenvalue weighted by molar-refractivity contribution is 6.06. The average Bonchev–Trinajstić information content (AvgIpc) is 3.30. The Balaban J connectivity index is 1.68. The van der Waals surface area contributed by atoms with Crippen molar-refractivity contribution in [2.45, 2.75) is 13.8 Å². The molecule has 0 saturated heterocycles. The Bertz CT molecular complexity index is 1210. The lowest BCUT2D eigenvalue weighted by molar-refractivity contribution is 0.0998. The number of hydrogen-bond acceptors (Lipinski definition) is 7. The van der Waals surface area contributed by atoms with E-state index in [4.69, 9.17) is 13.9 Å². The van der Waals surface area contributed by atoms with Crippen molar-refractivity contribution in [3.8, 4) is 17.2 Å². The molecule has 0 aliphatic heterocycles. The summed E-state index contributed by atoms with van der Waals surface area (Å²) in [5.74, 6) is 1.75. The number of fused-ring (bicyclic) bond motifs is 1. The van der Waals surface area contributed by atoms with E-state index >= 15 is 0 Å². The molecule has 0 fully saturated rings. The van der Waals surface area contributed by atoms with E-state index in [2.05, 4.69) is 20.8 Å². The Hall–Kier alpha value is -3.88. The normalized spacial score (nSPS) is 10.9. The van der Waals surface area contributed by atoms with Crippen LogP contribution in [0.5, 0.6) is 11.5 Å². The number of tetrazole rings is 1. The predicted octanol–water partition coefficient (Wildman–Crippen LogP) is 3.29. The maximum absolute atomic E-state index is 12.9. The van der Waals surface area contributed by atoms with Gasteiger partial charge in [-0.05, 0) is 60.7 Å². The molecule has 1 amide bonds. The first-order valence-electron chi connectivity index (χ1n) is 8.83. The summed E-state index contributed by atoms with van der Waals surface area (Å²) < 4.78 is 17.9. The number of rotatable bonds is 5. The Morgan fingerprint density at radius 2 is 1.93 bits per heavy atom. The van der Waals surface area contributed by atoms with Crippen LogP contribution in [0.2, 0.25) is 0 Å². The number of amides is 1. The molecule has 9 heteroatoms. The third-order valence-electron chi connectivity index (χ3n) is 4.64. The van der Waals surface area contributed by atoms with Crippen LogP contribution in [0.25, 0.3) is 16.7 Å². The van der Waals surface area contributed by atoms with Gasteiger partial charge in [0.15, 0.2) is 11.6 Å². The lowest BCUT2D eigenvalue weighted by Crippen LogP contribution is -2.13. The molecule has 0 aliphatic carbocycles. The van der Waals surface area contributed by atoms with E-state index in [0.717, 1.165) is 10.9 Å². The SMILES string of the molecule is COc1ccc2oc(C(=O)Nc3ccc(OC)c(-n4nnnc4C)c3)c(C)c2c1. The van der Waals surface area contributed by atoms with E-state index < -0.39 is 0 Å². The van der Waals surface area contributed by atoms with Gasteiger partial charge >= 0.3 is 0 Å². The molecule has 29 heavy (non-hydrogen) atoms. The number of carbonyl (C=O) groups is 1. The van der Waals surface area contributed by atoms with Crippen LogP contribution in [0.4, 0.5) is 5.69 Å². The Kier molecular flexibility index (Phi) is 4.63. The van der Waals surface area contributed by atoms with Crippen LogP contribution in [-0.2, 0) is 0 Å². The standard InChI is InChI=1S/C20H19N5O4/c1-11-15-10-14(27-3)6-8-17(15)29-19(11)20(26)21-13-5-7-18(28-4)16(9-13)25-12(2)22-23-24-25/h5-10H,1-4H3,(H,21,26). The molecule has 2 aromatic heterocycles. The van der Waals surface area contributed by atoms with E-state index in [0.29, 0.717) is 34.3 Å². The Labute approximate surface area is 166 Å². The number of hydrogen-bond donors (Lipinski definition) is 1. The van der Waals surface area contributed by atoms with Gasteiger partial charge in [0.1, 0.15) is 22.8 Å². The number of ether oxygens (including phenoxy) is 2. The van der Waals surface area contributed by atoms with Crippen LogP contribution < -0.4 is 14.8 Å². The van der Waals surface area contributed by atoms with Gasteiger partial charge in [0.25, 0.3) is 5.91 Å². The van der Waals surface area contributed by atoms with Gasteiger partial charge in [0, 0.05) is 16.6 Å². The van der Waals surface area contributed by atoms with Gasteiger partial charge < -0.3 is 19.2 Å². The average molecular weight is 393 g/mol. The lowest BCUT2D eigenvalue weighted by Gasteiger charge is -2.11. The zero-order valence-electron chi connectivity index (χ0n) is 16.4. The maximum Gasteiger partial charge on any atom is 0.291 e. The summed E-state index contributed by atoms with van der Waals surface area (Å²) in [6.45, 7) is 3.61. The number of anilines is 1. The lowest BCUT2D eigenvalue weighted by atomic mass is 10.1. The fourth-order valence-electron chi connectivity index (χ4n) is 3.12. The van der Waals surface area contributed by atoms with Gasteiger partial charge in [-0.2, -0.15) is 4.68 Å². The van der Waals surface area contributed by atoms with Gasteiger partial charge in [-0.15, -0.1) is 5.10 Å². The second-order valence-corrected chi connectivity index (χ2v) is 6.40. The third kappa shape index (κ3) is 3.27. The molecule has 9 nitrogen and oxygen atoms in total. The topological polar surface area (TPSA) is 104 Å². The van der Waals surface area contributed by atoms with Gasteiger partial charge in [-0.25, -0.2) is 0 Å². The Morgan fingerprint density at radius 3 is 2.62 bits per heavy atom. The van der Waals surface area contributed by atoms with Crippen LogP contribution in [-0.4, -0.2) is 40.3 Å². The van der Waals surface area contributed by atoms with Crippen molar-refractivity contribution in [3.05, 3.63) is 53.5 Å². The third-order valence-corrected chi connectivity index (χ3v) is 4.64. The minimum Gasteiger partial charge on any atom is -0.497 e. The largest absolute Gasteiger partial charge is 0.497 e. The van der Waals surface area contributed by atoms with E-state index in [1.54, 1.807) is 51.5 Å². The van der Waals surface area contributed by atoms with Crippen LogP contribution in [0.1, 0.15) is 21.9 Å². The van der Waals surface area contributed by atoms with E-state index in [1.165, 1.54) is 4.68 Å². The van der Waals surface area contributed by atoms with E-state index in [1.807, 2.05) is 13.0 Å². The van der Waals surface area contributed by atoms with Crippen molar-refractivity contribution in [1.29, 1.82) is 0 Å². The first kappa shape index (κ1) is 18.5. The molecule has 0 spiro atoms. The van der Waals surface area contributed by atoms with Crippen molar-refractivity contribution < 1.29 is 18.7 Å². The zero-order chi connectivity index (χ0) is 20.5. The fraction of sp³-hybridized carbons (Fsp3) is 0.200. The molecule has 0 atom stereocenters. The van der Waals surface area contributed by atoms with Crippen LogP contribution in [0, 0.1) is 13.8 Å². The number of methoxy groups -OCH3 is 2. The van der Waals surface area contributed by atoms with Crippen LogP contribution in [0.3, 0.4) is 0 Å². The molecule has 0 radical (unpaired) electrons. The highest BCUT2D eigenvalue weighted by Crippen LogP contribution is 2.30. The second kappa shape index (κ2) is 7.27. The van der Waals surface area contributed by atoms with Crippen LogP contribution >= 0.6 is 0 Å². The number of nitrogens with zero attached hydrogens (tertiary/aromatic N) is 4. The van der Waals surface area contributed by atoms with Crippen molar-refractivity contribution in [3.63, 3.8) is 0 Å². The smallest absolute Gasteiger partial charge is 0.291 e. The predicted molar refractivity (Wildman–Crippen MR) is 106 cm³/mol. The quantitative estimate of drug-likeness (QED) is 0.555. The Morgan fingerprint density at radius 1 is 1.10 bits per heavy atom. The monoisotopic (exact) mass is 393 g/mol. The fourth-order valence-corrected chi connectivity index (χ4v) is 3.12. The number of aromatic nitrogens is 4. The summed E-state index contributed by atoms with van der Waals surface area (Å²) in [4.78, 5) is 12.9. The zero-order valence-corrected chi connectivity index (χ0v) is 16.4. The number of furan rings is 1. The van der Waals surface area contributed by atoms with E-state index in [-0.39, 0.29) is 11.7 Å². The van der Waals surface area contributed by atoms with E-state index in [9.17, 15) is 4.79 Å². The highest BCUT2D eigenvalue weighted by Gasteiger charge is 2.19. The summed E-state index contributed by atoms with van der Waals surface area (Å²) >= 11 is 0. The molecule has 0 aliphatic rings. The molecule has 0 unspecified atom stereocenters. The van der Waals surface area contributed by atoms with Crippen molar-refractivity contribution in [2.75, 3.05) is 19.5 Å². The highest BCUT2D eigenvalue weighted by atomic mass is 16.5. The molecule has 0 saturated carbocycles. The van der Waals surface area contributed by atoms with Crippen molar-refractivity contribution >= 4 is 22.6 Å². The van der Waals surface area contributed by atoms with Crippen molar-refractivity contribution in [2.24, 2.45) is 0 Å². The number of aryl methyl sites for hydroxylation is 2. The minimum atomic E-state index is -0.359. The summed E-state index contributed by atoms with van der Waals surface area (Å²) in [6.07, 6.45) is 0. The molecule has 4 aromatic rings. The molecule has 2 heterocycles. The molecule has 148 valence electrons. The molecular weight excluding hydrogens is 374 g/mol. The molecule has 1 N–H and O–H groups in total. The summed E-state index contributed by atoms with van der Waals surface area (Å²) in [5.41, 5.74) is 2.52. The molecule has 4 rings (SSSR count). The second-order valence-electron chi connectivity index (χ2n) is 6.40. The van der Waals surface area contributed by atoms with Gasteiger partial charge in [0.05, 0.1) is 14.2 Å². The maximum atomic E-state index is 12.9. The minimum absolute atomic E-state index is 0.240. The number of benzene rings is 2. The number of carbonyl (C=O) groups excluding carboxylic acids is 1. The van der Waals surface area contributed by atoms with Gasteiger partial charge in [-0.3, -0.25) is 4.79 Å². The summed E-state index contributed by atoms with van der Waals surface area (Å²) in [7, 11) is 3.15. The molecule has 2 aromatic carbocycles. The first-order valence-corrected chi connectivity index (χ1v) is 8.83. The van der Waals surface area contributed by atoms with Crippen LogP contribution in [0.15, 0.2) is 40.8 Å². The summed E-state index contributed by atoms with van der Waals surface area (Å²) in [6, 6.07) is 10.6. The molecule has 0 bridgehead atoms. The number of nitrogens with one attached hydrogen (secondary N) is 1. The van der Waals surface area contributed by atoms with Crippen molar-refractivity contribution in [1.82, 2.24) is 20.2 Å². The van der Waals surface area contributed by atoms with Gasteiger partial charge in [0.2, 0.25) is 0 Å². The first-order chi connectivity index (χ1) is 14.0. The summed E-state index contributed by atoms with van der Waals surface area (Å²) in [5, 5.41) is 15.2.